The van der Waals surface area contributed by atoms with Crippen LogP contribution in [0.1, 0.15) is 15.9 Å². The predicted molar refractivity (Wildman–Crippen MR) is 108 cm³/mol. The summed E-state index contributed by atoms with van der Waals surface area (Å²) in [6, 6.07) is 24.8. The zero-order valence-corrected chi connectivity index (χ0v) is 15.1. The van der Waals surface area contributed by atoms with Gasteiger partial charge in [-0.2, -0.15) is 0 Å². The molecule has 5 heteroatoms. The lowest BCUT2D eigenvalue weighted by molar-refractivity contribution is -0.113. The molecule has 0 saturated carbocycles. The molecule has 0 spiro atoms. The van der Waals surface area contributed by atoms with Crippen molar-refractivity contribution < 1.29 is 9.59 Å². The van der Waals surface area contributed by atoms with Crippen molar-refractivity contribution in [2.75, 3.05) is 5.32 Å². The number of para-hydroxylation sites is 1. The highest BCUT2D eigenvalue weighted by Gasteiger charge is 2.14. The number of benzene rings is 3. The molecule has 0 heterocycles. The Balaban J connectivity index is 1.87. The number of carbonyl (C=O) groups is 2. The third-order valence-corrected chi connectivity index (χ3v) is 3.99. The van der Waals surface area contributed by atoms with Gasteiger partial charge in [-0.05, 0) is 48.0 Å². The van der Waals surface area contributed by atoms with Crippen molar-refractivity contribution in [1.82, 2.24) is 5.32 Å². The Kier molecular flexibility index (Phi) is 6.02. The van der Waals surface area contributed by atoms with E-state index in [2.05, 4.69) is 10.6 Å². The summed E-state index contributed by atoms with van der Waals surface area (Å²) in [5.41, 5.74) is 1.98. The van der Waals surface area contributed by atoms with Gasteiger partial charge in [0.2, 0.25) is 0 Å². The SMILES string of the molecule is O=C(Nc1ccccc1)/C(=C\c1ccc(Cl)cc1)NC(=O)c1ccccc1. The second-order valence-corrected chi connectivity index (χ2v) is 6.19. The van der Waals surface area contributed by atoms with E-state index in [1.54, 1.807) is 66.7 Å². The molecule has 0 atom stereocenters. The van der Waals surface area contributed by atoms with E-state index in [-0.39, 0.29) is 11.6 Å². The van der Waals surface area contributed by atoms with Crippen molar-refractivity contribution in [2.24, 2.45) is 0 Å². The van der Waals surface area contributed by atoms with Gasteiger partial charge in [0, 0.05) is 16.3 Å². The van der Waals surface area contributed by atoms with E-state index in [0.29, 0.717) is 16.3 Å². The van der Waals surface area contributed by atoms with Gasteiger partial charge in [0.1, 0.15) is 5.70 Å². The summed E-state index contributed by atoms with van der Waals surface area (Å²) in [7, 11) is 0. The van der Waals surface area contributed by atoms with Gasteiger partial charge >= 0.3 is 0 Å². The highest BCUT2D eigenvalue weighted by atomic mass is 35.5. The van der Waals surface area contributed by atoms with Gasteiger partial charge in [-0.25, -0.2) is 0 Å². The van der Waals surface area contributed by atoms with Crippen LogP contribution in [0.5, 0.6) is 0 Å². The molecule has 4 nitrogen and oxygen atoms in total. The first kappa shape index (κ1) is 18.4. The fraction of sp³-hybridized carbons (Fsp3) is 0. The summed E-state index contributed by atoms with van der Waals surface area (Å²) in [6.45, 7) is 0. The standard InChI is InChI=1S/C22H17ClN2O2/c23-18-13-11-16(12-14-18)15-20(22(27)24-19-9-5-2-6-10-19)25-21(26)17-7-3-1-4-8-17/h1-15H,(H,24,27)(H,25,26)/b20-15+. The average molecular weight is 377 g/mol. The van der Waals surface area contributed by atoms with Gasteiger partial charge in [-0.15, -0.1) is 0 Å². The summed E-state index contributed by atoms with van der Waals surface area (Å²) >= 11 is 5.91. The lowest BCUT2D eigenvalue weighted by Crippen LogP contribution is -2.30. The Morgan fingerprint density at radius 2 is 1.37 bits per heavy atom. The molecule has 2 N–H and O–H groups in total. The summed E-state index contributed by atoms with van der Waals surface area (Å²) < 4.78 is 0. The fourth-order valence-corrected chi connectivity index (χ4v) is 2.51. The minimum Gasteiger partial charge on any atom is -0.321 e. The molecule has 0 bridgehead atoms. The smallest absolute Gasteiger partial charge is 0.272 e. The van der Waals surface area contributed by atoms with Crippen molar-refractivity contribution in [2.45, 2.75) is 0 Å². The average Bonchev–Trinajstić information content (AvgIpc) is 2.70. The molecule has 0 unspecified atom stereocenters. The largest absolute Gasteiger partial charge is 0.321 e. The zero-order valence-electron chi connectivity index (χ0n) is 14.4. The molecule has 0 saturated heterocycles. The molecule has 2 amide bonds. The molecule has 0 aliphatic rings. The van der Waals surface area contributed by atoms with Gasteiger partial charge < -0.3 is 10.6 Å². The van der Waals surface area contributed by atoms with E-state index in [1.165, 1.54) is 0 Å². The lowest BCUT2D eigenvalue weighted by atomic mass is 10.1. The van der Waals surface area contributed by atoms with Gasteiger partial charge in [-0.1, -0.05) is 60.1 Å². The first-order valence-corrected chi connectivity index (χ1v) is 8.70. The van der Waals surface area contributed by atoms with Crippen molar-refractivity contribution in [3.05, 3.63) is 107 Å². The topological polar surface area (TPSA) is 58.2 Å². The molecular weight excluding hydrogens is 360 g/mol. The van der Waals surface area contributed by atoms with E-state index < -0.39 is 5.91 Å². The third-order valence-electron chi connectivity index (χ3n) is 3.74. The Labute approximate surface area is 162 Å². The van der Waals surface area contributed by atoms with Crippen molar-refractivity contribution in [1.29, 1.82) is 0 Å². The highest BCUT2D eigenvalue weighted by Crippen LogP contribution is 2.14. The number of nitrogens with one attached hydrogen (secondary N) is 2. The van der Waals surface area contributed by atoms with Crippen molar-refractivity contribution >= 4 is 35.2 Å². The number of carbonyl (C=O) groups excluding carboxylic acids is 2. The van der Waals surface area contributed by atoms with E-state index in [9.17, 15) is 9.59 Å². The fourth-order valence-electron chi connectivity index (χ4n) is 2.39. The molecule has 27 heavy (non-hydrogen) atoms. The Morgan fingerprint density at radius 3 is 2.00 bits per heavy atom. The van der Waals surface area contributed by atoms with Crippen molar-refractivity contribution in [3.63, 3.8) is 0 Å². The maximum Gasteiger partial charge on any atom is 0.272 e. The maximum atomic E-state index is 12.7. The second-order valence-electron chi connectivity index (χ2n) is 5.75. The molecule has 3 rings (SSSR count). The Hall–Kier alpha value is -3.37. The number of halogens is 1. The van der Waals surface area contributed by atoms with Gasteiger partial charge in [-0.3, -0.25) is 9.59 Å². The molecule has 134 valence electrons. The summed E-state index contributed by atoms with van der Waals surface area (Å²) in [5, 5.41) is 6.07. The molecule has 0 aromatic heterocycles. The first-order chi connectivity index (χ1) is 13.1. The van der Waals surface area contributed by atoms with Crippen LogP contribution in [0.3, 0.4) is 0 Å². The lowest BCUT2D eigenvalue weighted by Gasteiger charge is -2.11. The highest BCUT2D eigenvalue weighted by molar-refractivity contribution is 6.30. The Morgan fingerprint density at radius 1 is 0.778 bits per heavy atom. The monoisotopic (exact) mass is 376 g/mol. The van der Waals surface area contributed by atoms with Crippen LogP contribution in [-0.4, -0.2) is 11.8 Å². The van der Waals surface area contributed by atoms with E-state index >= 15 is 0 Å². The van der Waals surface area contributed by atoms with Crippen LogP contribution in [0.25, 0.3) is 6.08 Å². The summed E-state index contributed by atoms with van der Waals surface area (Å²) in [6.07, 6.45) is 1.61. The van der Waals surface area contributed by atoms with Crippen LogP contribution < -0.4 is 10.6 Å². The number of hydrogen-bond donors (Lipinski definition) is 2. The molecule has 3 aromatic rings. The number of amides is 2. The van der Waals surface area contributed by atoms with Crippen LogP contribution in [0.2, 0.25) is 5.02 Å². The van der Waals surface area contributed by atoms with Crippen LogP contribution in [-0.2, 0) is 4.79 Å². The summed E-state index contributed by atoms with van der Waals surface area (Å²) in [4.78, 5) is 25.2. The normalized spacial score (nSPS) is 10.9. The van der Waals surface area contributed by atoms with Crippen LogP contribution in [0.4, 0.5) is 5.69 Å². The minimum absolute atomic E-state index is 0.134. The number of rotatable bonds is 5. The number of anilines is 1. The van der Waals surface area contributed by atoms with Gasteiger partial charge in [0.05, 0.1) is 0 Å². The first-order valence-electron chi connectivity index (χ1n) is 8.32. The van der Waals surface area contributed by atoms with E-state index in [4.69, 9.17) is 11.6 Å². The molecule has 3 aromatic carbocycles. The van der Waals surface area contributed by atoms with Crippen LogP contribution in [0, 0.1) is 0 Å². The second kappa shape index (κ2) is 8.83. The number of hydrogen-bond acceptors (Lipinski definition) is 2. The summed E-state index contributed by atoms with van der Waals surface area (Å²) in [5.74, 6) is -0.778. The molecule has 0 radical (unpaired) electrons. The predicted octanol–water partition coefficient (Wildman–Crippen LogP) is 4.75. The van der Waals surface area contributed by atoms with E-state index in [1.807, 2.05) is 24.3 Å². The van der Waals surface area contributed by atoms with Crippen LogP contribution >= 0.6 is 11.6 Å². The quantitative estimate of drug-likeness (QED) is 0.631. The van der Waals surface area contributed by atoms with E-state index in [0.717, 1.165) is 5.56 Å². The zero-order chi connectivity index (χ0) is 19.1. The van der Waals surface area contributed by atoms with Gasteiger partial charge in [0.25, 0.3) is 11.8 Å². The van der Waals surface area contributed by atoms with Crippen molar-refractivity contribution in [3.8, 4) is 0 Å². The molecule has 0 aliphatic heterocycles. The minimum atomic E-state index is -0.416. The van der Waals surface area contributed by atoms with Crippen LogP contribution in [0.15, 0.2) is 90.6 Å². The molecular formula is C22H17ClN2O2. The molecule has 0 aliphatic carbocycles. The van der Waals surface area contributed by atoms with Gasteiger partial charge in [0.15, 0.2) is 0 Å². The Bertz CT molecular complexity index is 953. The maximum absolute atomic E-state index is 12.7. The molecule has 0 fully saturated rings. The third kappa shape index (κ3) is 5.30.